The number of carboxylic acid groups (broad SMARTS) is 1. The number of carbonyl (C=O) groups is 1. The molecule has 1 N–H and O–H groups in total. The molecule has 0 saturated carbocycles. The van der Waals surface area contributed by atoms with Crippen molar-refractivity contribution in [1.82, 2.24) is 4.90 Å². The highest BCUT2D eigenvalue weighted by atomic mass is 35.5. The molecule has 1 amide bonds. The summed E-state index contributed by atoms with van der Waals surface area (Å²) in [5, 5.41) is 9.37. The lowest BCUT2D eigenvalue weighted by Crippen LogP contribution is -2.43. The molecule has 2 atom stereocenters. The zero-order valence-electron chi connectivity index (χ0n) is 9.14. The van der Waals surface area contributed by atoms with Gasteiger partial charge in [-0.15, -0.1) is 0 Å². The molecule has 5 heteroatoms. The summed E-state index contributed by atoms with van der Waals surface area (Å²) in [5.74, 6) is -0.260. The third-order valence-corrected chi connectivity index (χ3v) is 3.32. The summed E-state index contributed by atoms with van der Waals surface area (Å²) in [6.45, 7) is 0.305. The van der Waals surface area contributed by atoms with Gasteiger partial charge < -0.3 is 10.0 Å². The van der Waals surface area contributed by atoms with E-state index in [2.05, 4.69) is 0 Å². The lowest BCUT2D eigenvalue weighted by molar-refractivity contribution is 0.0963. The lowest BCUT2D eigenvalue weighted by atomic mass is 9.88. The Morgan fingerprint density at radius 3 is 2.88 bits per heavy atom. The quantitative estimate of drug-likeness (QED) is 0.840. The summed E-state index contributed by atoms with van der Waals surface area (Å²) in [6, 6.07) is 7.10. The van der Waals surface area contributed by atoms with E-state index in [9.17, 15) is 9.18 Å². The van der Waals surface area contributed by atoms with Crippen LogP contribution in [0.3, 0.4) is 0 Å². The Labute approximate surface area is 104 Å². The number of halogens is 2. The van der Waals surface area contributed by atoms with Crippen molar-refractivity contribution in [2.45, 2.75) is 18.5 Å². The van der Waals surface area contributed by atoms with E-state index in [0.717, 1.165) is 10.5 Å². The maximum Gasteiger partial charge on any atom is 0.407 e. The van der Waals surface area contributed by atoms with E-state index in [-0.39, 0.29) is 12.5 Å². The Morgan fingerprint density at radius 2 is 2.29 bits per heavy atom. The van der Waals surface area contributed by atoms with Crippen molar-refractivity contribution in [1.29, 1.82) is 0 Å². The summed E-state index contributed by atoms with van der Waals surface area (Å²) in [7, 11) is 0. The average molecular weight is 258 g/mol. The first-order valence-corrected chi connectivity index (χ1v) is 5.83. The molecule has 1 heterocycles. The monoisotopic (exact) mass is 257 g/mol. The van der Waals surface area contributed by atoms with Crippen molar-refractivity contribution in [3.05, 3.63) is 34.9 Å². The second-order valence-electron chi connectivity index (χ2n) is 4.19. The van der Waals surface area contributed by atoms with Crippen molar-refractivity contribution in [3.63, 3.8) is 0 Å². The van der Waals surface area contributed by atoms with Crippen LogP contribution in [0.1, 0.15) is 17.9 Å². The van der Waals surface area contributed by atoms with Gasteiger partial charge in [0, 0.05) is 17.5 Å². The molecule has 0 radical (unpaired) electrons. The van der Waals surface area contributed by atoms with E-state index in [0.29, 0.717) is 18.0 Å². The Hall–Kier alpha value is -1.29. The van der Waals surface area contributed by atoms with Crippen LogP contribution >= 0.6 is 11.6 Å². The third kappa shape index (κ3) is 2.69. The number of hydrogen-bond donors (Lipinski definition) is 1. The van der Waals surface area contributed by atoms with Crippen molar-refractivity contribution >= 4 is 17.7 Å². The Balaban J connectivity index is 2.12. The van der Waals surface area contributed by atoms with Gasteiger partial charge in [0.2, 0.25) is 0 Å². The molecule has 1 aromatic carbocycles. The van der Waals surface area contributed by atoms with Crippen LogP contribution < -0.4 is 0 Å². The highest BCUT2D eigenvalue weighted by molar-refractivity contribution is 6.30. The van der Waals surface area contributed by atoms with Gasteiger partial charge in [-0.2, -0.15) is 0 Å². The number of likely N-dealkylation sites (tertiary alicyclic amines) is 1. The summed E-state index contributed by atoms with van der Waals surface area (Å²) in [4.78, 5) is 11.9. The molecule has 1 saturated heterocycles. The number of piperidine rings is 1. The van der Waals surface area contributed by atoms with E-state index in [4.69, 9.17) is 16.7 Å². The highest BCUT2D eigenvalue weighted by Crippen LogP contribution is 2.31. The predicted molar refractivity (Wildman–Crippen MR) is 63.3 cm³/mol. The van der Waals surface area contributed by atoms with E-state index in [1.54, 1.807) is 18.2 Å². The van der Waals surface area contributed by atoms with Gasteiger partial charge in [-0.25, -0.2) is 9.18 Å². The molecule has 1 fully saturated rings. The van der Waals surface area contributed by atoms with Gasteiger partial charge in [0.1, 0.15) is 6.17 Å². The van der Waals surface area contributed by atoms with Gasteiger partial charge in [0.25, 0.3) is 0 Å². The molecule has 92 valence electrons. The molecular formula is C12H13ClFNO2. The summed E-state index contributed by atoms with van der Waals surface area (Å²) in [5.41, 5.74) is 0.843. The van der Waals surface area contributed by atoms with E-state index in [1.807, 2.05) is 6.07 Å². The maximum absolute atomic E-state index is 13.9. The lowest BCUT2D eigenvalue weighted by Gasteiger charge is -2.33. The topological polar surface area (TPSA) is 40.5 Å². The van der Waals surface area contributed by atoms with Crippen LogP contribution in [0.2, 0.25) is 5.02 Å². The van der Waals surface area contributed by atoms with Gasteiger partial charge in [-0.1, -0.05) is 23.7 Å². The van der Waals surface area contributed by atoms with Crippen LogP contribution in [0.4, 0.5) is 9.18 Å². The van der Waals surface area contributed by atoms with Crippen LogP contribution in [0.15, 0.2) is 24.3 Å². The number of rotatable bonds is 1. The van der Waals surface area contributed by atoms with Crippen molar-refractivity contribution in [2.75, 3.05) is 13.1 Å². The van der Waals surface area contributed by atoms with Gasteiger partial charge in [0.15, 0.2) is 0 Å². The SMILES string of the molecule is O=C(O)N1CCC(c2cccc(Cl)c2)C(F)C1. The van der Waals surface area contributed by atoms with Crippen molar-refractivity contribution < 1.29 is 14.3 Å². The molecule has 2 unspecified atom stereocenters. The van der Waals surface area contributed by atoms with Gasteiger partial charge in [-0.05, 0) is 24.1 Å². The van der Waals surface area contributed by atoms with E-state index < -0.39 is 12.3 Å². The largest absolute Gasteiger partial charge is 0.465 e. The Morgan fingerprint density at radius 1 is 1.53 bits per heavy atom. The molecule has 17 heavy (non-hydrogen) atoms. The molecule has 1 aliphatic heterocycles. The molecule has 1 aromatic rings. The first kappa shape index (κ1) is 12.2. The van der Waals surface area contributed by atoms with Crippen LogP contribution in [-0.4, -0.2) is 35.4 Å². The highest BCUT2D eigenvalue weighted by Gasteiger charge is 2.32. The van der Waals surface area contributed by atoms with E-state index >= 15 is 0 Å². The zero-order chi connectivity index (χ0) is 12.4. The number of alkyl halides is 1. The molecule has 2 rings (SSSR count). The second-order valence-corrected chi connectivity index (χ2v) is 4.63. The van der Waals surface area contributed by atoms with Crippen molar-refractivity contribution in [2.24, 2.45) is 0 Å². The summed E-state index contributed by atoms with van der Waals surface area (Å²) in [6.07, 6.45) is -1.73. The van der Waals surface area contributed by atoms with Gasteiger partial charge in [-0.3, -0.25) is 0 Å². The predicted octanol–water partition coefficient (Wildman–Crippen LogP) is 3.15. The second kappa shape index (κ2) is 4.92. The smallest absolute Gasteiger partial charge is 0.407 e. The fraction of sp³-hybridized carbons (Fsp3) is 0.417. The molecule has 1 aliphatic rings. The minimum absolute atomic E-state index is 0.0630. The summed E-state index contributed by atoms with van der Waals surface area (Å²) < 4.78 is 13.9. The summed E-state index contributed by atoms with van der Waals surface area (Å²) >= 11 is 5.86. The molecule has 0 spiro atoms. The first-order chi connectivity index (χ1) is 8.08. The van der Waals surface area contributed by atoms with Crippen LogP contribution in [-0.2, 0) is 0 Å². The standard InChI is InChI=1S/C12H13ClFNO2/c13-9-3-1-2-8(6-9)10-4-5-15(12(16)17)7-11(10)14/h1-3,6,10-11H,4-5,7H2,(H,16,17). The van der Waals surface area contributed by atoms with Crippen LogP contribution in [0.5, 0.6) is 0 Å². The number of amides is 1. The van der Waals surface area contributed by atoms with E-state index in [1.165, 1.54) is 0 Å². The molecule has 0 aromatic heterocycles. The maximum atomic E-state index is 13.9. The fourth-order valence-electron chi connectivity index (χ4n) is 2.19. The minimum Gasteiger partial charge on any atom is -0.465 e. The van der Waals surface area contributed by atoms with Gasteiger partial charge >= 0.3 is 6.09 Å². The fourth-order valence-corrected chi connectivity index (χ4v) is 2.39. The van der Waals surface area contributed by atoms with Crippen molar-refractivity contribution in [3.8, 4) is 0 Å². The molecule has 0 aliphatic carbocycles. The number of benzene rings is 1. The molecular weight excluding hydrogens is 245 g/mol. The number of nitrogens with zero attached hydrogens (tertiary/aromatic N) is 1. The number of hydrogen-bond acceptors (Lipinski definition) is 1. The molecule has 0 bridgehead atoms. The first-order valence-electron chi connectivity index (χ1n) is 5.45. The average Bonchev–Trinajstić information content (AvgIpc) is 2.28. The van der Waals surface area contributed by atoms with Crippen LogP contribution in [0, 0.1) is 0 Å². The van der Waals surface area contributed by atoms with Crippen LogP contribution in [0.25, 0.3) is 0 Å². The minimum atomic E-state index is -1.17. The van der Waals surface area contributed by atoms with Gasteiger partial charge in [0.05, 0.1) is 6.54 Å². The zero-order valence-corrected chi connectivity index (χ0v) is 9.90. The molecule has 3 nitrogen and oxygen atoms in total. The third-order valence-electron chi connectivity index (χ3n) is 3.09. The normalized spacial score (nSPS) is 24.7. The Kier molecular flexibility index (Phi) is 3.52. The Bertz CT molecular complexity index is 427.